The largest absolute Gasteiger partial charge is 0.455 e. The van der Waals surface area contributed by atoms with E-state index in [2.05, 4.69) is 109 Å². The highest BCUT2D eigenvalue weighted by Crippen LogP contribution is 2.63. The van der Waals surface area contributed by atoms with Crippen LogP contribution in [0.4, 0.5) is 0 Å². The minimum absolute atomic E-state index is 0.591. The number of furan rings is 1. The molecular formula is C44H27ClO2. The molecule has 0 saturated heterocycles. The van der Waals surface area contributed by atoms with Crippen molar-refractivity contribution >= 4 is 33.5 Å². The van der Waals surface area contributed by atoms with Gasteiger partial charge in [-0.3, -0.25) is 0 Å². The number of para-hydroxylation sites is 2. The average Bonchev–Trinajstić information content (AvgIpc) is 3.65. The summed E-state index contributed by atoms with van der Waals surface area (Å²) in [4.78, 5) is 0. The Labute approximate surface area is 277 Å². The maximum absolute atomic E-state index is 13.7. The van der Waals surface area contributed by atoms with Crippen LogP contribution >= 0.6 is 11.6 Å². The van der Waals surface area contributed by atoms with E-state index in [-0.39, 0.29) is 0 Å². The molecule has 1 heterocycles. The zero-order chi connectivity index (χ0) is 31.3. The van der Waals surface area contributed by atoms with Gasteiger partial charge in [-0.15, -0.1) is 0 Å². The predicted molar refractivity (Wildman–Crippen MR) is 190 cm³/mol. The van der Waals surface area contributed by atoms with Gasteiger partial charge in [0.2, 0.25) is 0 Å². The molecule has 0 atom stereocenters. The lowest BCUT2D eigenvalue weighted by molar-refractivity contribution is 0.119. The van der Waals surface area contributed by atoms with Gasteiger partial charge in [-0.05, 0) is 68.3 Å². The quantitative estimate of drug-likeness (QED) is 0.208. The Morgan fingerprint density at radius 2 is 0.936 bits per heavy atom. The van der Waals surface area contributed by atoms with Gasteiger partial charge in [0.25, 0.3) is 0 Å². The molecule has 1 spiro atoms. The summed E-state index contributed by atoms with van der Waals surface area (Å²) in [5, 5.41) is 16.3. The molecule has 222 valence electrons. The highest BCUT2D eigenvalue weighted by atomic mass is 35.5. The van der Waals surface area contributed by atoms with Gasteiger partial charge in [-0.25, -0.2) is 0 Å². The van der Waals surface area contributed by atoms with E-state index in [1.807, 2.05) is 48.5 Å². The third-order valence-corrected chi connectivity index (χ3v) is 10.7. The minimum atomic E-state index is -1.50. The monoisotopic (exact) mass is 622 g/mol. The normalized spacial score (nSPS) is 14.9. The van der Waals surface area contributed by atoms with Crippen LogP contribution in [0.3, 0.4) is 0 Å². The Morgan fingerprint density at radius 3 is 1.60 bits per heavy atom. The number of aliphatic hydroxyl groups is 1. The van der Waals surface area contributed by atoms with E-state index in [0.29, 0.717) is 5.02 Å². The fraction of sp³-hybridized carbons (Fsp3) is 0.0455. The van der Waals surface area contributed by atoms with E-state index < -0.39 is 11.0 Å². The smallest absolute Gasteiger partial charge is 0.143 e. The summed E-state index contributed by atoms with van der Waals surface area (Å²) in [6, 6.07) is 54.4. The molecule has 47 heavy (non-hydrogen) atoms. The Kier molecular flexibility index (Phi) is 5.44. The molecule has 10 rings (SSSR count). The maximum Gasteiger partial charge on any atom is 0.143 e. The number of rotatable bonds is 2. The summed E-state index contributed by atoms with van der Waals surface area (Å²) in [6.07, 6.45) is 0. The lowest BCUT2D eigenvalue weighted by atomic mass is 9.56. The first-order valence-electron chi connectivity index (χ1n) is 15.9. The van der Waals surface area contributed by atoms with Gasteiger partial charge in [0, 0.05) is 26.9 Å². The average molecular weight is 623 g/mol. The zero-order valence-corrected chi connectivity index (χ0v) is 26.0. The van der Waals surface area contributed by atoms with Gasteiger partial charge in [-0.1, -0.05) is 151 Å². The molecule has 1 N–H and O–H groups in total. The third kappa shape index (κ3) is 3.34. The van der Waals surface area contributed by atoms with Crippen molar-refractivity contribution in [3.05, 3.63) is 202 Å². The van der Waals surface area contributed by atoms with Crippen LogP contribution in [-0.2, 0) is 11.0 Å². The Hall–Kier alpha value is -5.41. The molecule has 0 radical (unpaired) electrons. The van der Waals surface area contributed by atoms with E-state index >= 15 is 0 Å². The molecular weight excluding hydrogens is 596 g/mol. The molecule has 0 saturated carbocycles. The molecule has 3 heteroatoms. The standard InChI is InChI=1S/C44H27ClO2/c45-27-24-25-36(33(26-27)32-16-11-15-31-30-14-3-10-23-41(30)47-42(31)32)44(46)39-21-8-6-19-37(39)43(38-20-7-9-22-40(38)44)34-17-4-1-12-28(34)29-13-2-5-18-35(29)43/h1-26,46H. The molecule has 0 bridgehead atoms. The number of hydrogen-bond donors (Lipinski definition) is 1. The van der Waals surface area contributed by atoms with Crippen molar-refractivity contribution < 1.29 is 9.52 Å². The van der Waals surface area contributed by atoms with Crippen LogP contribution in [-0.4, -0.2) is 5.11 Å². The number of halogens is 1. The van der Waals surface area contributed by atoms with Gasteiger partial charge in [-0.2, -0.15) is 0 Å². The van der Waals surface area contributed by atoms with Crippen LogP contribution in [0.1, 0.15) is 38.9 Å². The first-order valence-corrected chi connectivity index (χ1v) is 16.3. The van der Waals surface area contributed by atoms with Crippen molar-refractivity contribution in [2.24, 2.45) is 0 Å². The topological polar surface area (TPSA) is 33.4 Å². The summed E-state index contributed by atoms with van der Waals surface area (Å²) in [6.45, 7) is 0. The molecule has 0 fully saturated rings. The SMILES string of the molecule is OC1(c2ccc(Cl)cc2-c2cccc3c2oc2ccccc23)c2ccccc2C2(c3ccccc3-c3ccccc32)c2ccccc21. The molecule has 0 amide bonds. The Bertz CT molecular complexity index is 2480. The summed E-state index contributed by atoms with van der Waals surface area (Å²) >= 11 is 6.78. The maximum atomic E-state index is 13.7. The molecule has 8 aromatic rings. The van der Waals surface area contributed by atoms with E-state index in [1.165, 1.54) is 22.3 Å². The molecule has 2 nitrogen and oxygen atoms in total. The van der Waals surface area contributed by atoms with E-state index in [1.54, 1.807) is 0 Å². The molecule has 7 aromatic carbocycles. The summed E-state index contributed by atoms with van der Waals surface area (Å²) < 4.78 is 6.52. The van der Waals surface area contributed by atoms with Crippen molar-refractivity contribution in [3.63, 3.8) is 0 Å². The lowest BCUT2D eigenvalue weighted by Gasteiger charge is -2.47. The van der Waals surface area contributed by atoms with Gasteiger partial charge >= 0.3 is 0 Å². The fourth-order valence-corrected chi connectivity index (χ4v) is 8.83. The van der Waals surface area contributed by atoms with Crippen molar-refractivity contribution in [3.8, 4) is 22.3 Å². The van der Waals surface area contributed by atoms with Gasteiger partial charge < -0.3 is 9.52 Å². The number of benzene rings is 7. The van der Waals surface area contributed by atoms with E-state index in [4.69, 9.17) is 16.0 Å². The van der Waals surface area contributed by atoms with Crippen LogP contribution in [0.5, 0.6) is 0 Å². The van der Waals surface area contributed by atoms with E-state index in [0.717, 1.165) is 60.9 Å². The van der Waals surface area contributed by atoms with Crippen LogP contribution in [0.2, 0.25) is 5.02 Å². The minimum Gasteiger partial charge on any atom is -0.455 e. The summed E-state index contributed by atoms with van der Waals surface area (Å²) in [5.74, 6) is 0. The highest BCUT2D eigenvalue weighted by Gasteiger charge is 2.56. The molecule has 2 aliphatic carbocycles. The second-order valence-electron chi connectivity index (χ2n) is 12.6. The third-order valence-electron chi connectivity index (χ3n) is 10.5. The lowest BCUT2D eigenvalue weighted by Crippen LogP contribution is -2.44. The molecule has 2 aliphatic rings. The molecule has 1 aromatic heterocycles. The Morgan fingerprint density at radius 1 is 0.426 bits per heavy atom. The second kappa shape index (κ2) is 9.56. The van der Waals surface area contributed by atoms with Crippen LogP contribution < -0.4 is 0 Å². The first-order chi connectivity index (χ1) is 23.1. The second-order valence-corrected chi connectivity index (χ2v) is 13.0. The Balaban J connectivity index is 1.33. The fourth-order valence-electron chi connectivity index (χ4n) is 8.66. The predicted octanol–water partition coefficient (Wildman–Crippen LogP) is 10.9. The van der Waals surface area contributed by atoms with Gasteiger partial charge in [0.15, 0.2) is 0 Å². The highest BCUT2D eigenvalue weighted by molar-refractivity contribution is 6.31. The summed E-state index contributed by atoms with van der Waals surface area (Å²) in [5.41, 5.74) is 10.7. The van der Waals surface area contributed by atoms with Gasteiger partial charge in [0.1, 0.15) is 16.8 Å². The number of fused-ring (bicyclic) bond motifs is 12. The van der Waals surface area contributed by atoms with Crippen molar-refractivity contribution in [1.82, 2.24) is 0 Å². The number of hydrogen-bond acceptors (Lipinski definition) is 2. The van der Waals surface area contributed by atoms with E-state index in [9.17, 15) is 5.11 Å². The van der Waals surface area contributed by atoms with Crippen LogP contribution in [0, 0.1) is 0 Å². The van der Waals surface area contributed by atoms with Crippen molar-refractivity contribution in [1.29, 1.82) is 0 Å². The van der Waals surface area contributed by atoms with Gasteiger partial charge in [0.05, 0.1) is 5.41 Å². The van der Waals surface area contributed by atoms with Crippen LogP contribution in [0.15, 0.2) is 162 Å². The van der Waals surface area contributed by atoms with Crippen LogP contribution in [0.25, 0.3) is 44.2 Å². The summed E-state index contributed by atoms with van der Waals surface area (Å²) in [7, 11) is 0. The first kappa shape index (κ1) is 26.8. The zero-order valence-electron chi connectivity index (χ0n) is 25.2. The molecule has 0 unspecified atom stereocenters. The van der Waals surface area contributed by atoms with Crippen molar-refractivity contribution in [2.45, 2.75) is 11.0 Å². The molecule has 0 aliphatic heterocycles. The van der Waals surface area contributed by atoms with Crippen molar-refractivity contribution in [2.75, 3.05) is 0 Å².